The molecule has 0 saturated heterocycles. The number of hydrogen-bond donors (Lipinski definition) is 2. The number of para-hydroxylation sites is 3. The smallest absolute Gasteiger partial charge is 0.248 e. The highest BCUT2D eigenvalue weighted by Gasteiger charge is 2.07. The van der Waals surface area contributed by atoms with E-state index >= 15 is 0 Å². The van der Waals surface area contributed by atoms with E-state index in [1.807, 2.05) is 42.5 Å². The largest absolute Gasteiger partial charge is 0.455 e. The molecule has 0 spiro atoms. The highest BCUT2D eigenvalue weighted by molar-refractivity contribution is 7.92. The number of benzene rings is 3. The summed E-state index contributed by atoms with van der Waals surface area (Å²) < 4.78 is 30.7. The van der Waals surface area contributed by atoms with Crippen molar-refractivity contribution in [3.63, 3.8) is 0 Å². The lowest BCUT2D eigenvalue weighted by atomic mass is 10.2. The lowest BCUT2D eigenvalue weighted by Crippen LogP contribution is -2.09. The first-order valence-electron chi connectivity index (χ1n) is 8.78. The fourth-order valence-electron chi connectivity index (χ4n) is 2.50. The molecule has 1 amide bonds. The Balaban J connectivity index is 1.65. The standard InChI is InChI=1S/C22H20N2O4S/c1-29(26,27)24-18-14-11-17(12-15-18)13-16-22(25)23-20-9-5-6-10-21(20)28-19-7-3-2-4-8-19/h2-16,24H,1H3,(H,23,25). The van der Waals surface area contributed by atoms with Crippen molar-refractivity contribution in [2.45, 2.75) is 0 Å². The van der Waals surface area contributed by atoms with E-state index in [0.717, 1.165) is 11.8 Å². The maximum atomic E-state index is 12.3. The molecule has 2 N–H and O–H groups in total. The summed E-state index contributed by atoms with van der Waals surface area (Å²) in [6.45, 7) is 0. The number of rotatable bonds is 7. The van der Waals surface area contributed by atoms with Crippen molar-refractivity contribution in [2.24, 2.45) is 0 Å². The lowest BCUT2D eigenvalue weighted by molar-refractivity contribution is -0.111. The first-order valence-corrected chi connectivity index (χ1v) is 10.7. The van der Waals surface area contributed by atoms with Gasteiger partial charge in [0.05, 0.1) is 11.9 Å². The zero-order valence-electron chi connectivity index (χ0n) is 15.7. The van der Waals surface area contributed by atoms with Gasteiger partial charge in [0.15, 0.2) is 5.75 Å². The summed E-state index contributed by atoms with van der Waals surface area (Å²) in [5.41, 5.74) is 1.77. The third kappa shape index (κ3) is 6.51. The summed E-state index contributed by atoms with van der Waals surface area (Å²) in [5.74, 6) is 0.900. The number of hydrogen-bond acceptors (Lipinski definition) is 4. The Morgan fingerprint density at radius 3 is 2.24 bits per heavy atom. The minimum atomic E-state index is -3.32. The quantitative estimate of drug-likeness (QED) is 0.564. The molecule has 3 aromatic carbocycles. The van der Waals surface area contributed by atoms with Gasteiger partial charge in [-0.25, -0.2) is 8.42 Å². The molecule has 3 rings (SSSR count). The van der Waals surface area contributed by atoms with Gasteiger partial charge in [-0.3, -0.25) is 9.52 Å². The Morgan fingerprint density at radius 2 is 1.55 bits per heavy atom. The van der Waals surface area contributed by atoms with Crippen LogP contribution in [0.3, 0.4) is 0 Å². The van der Waals surface area contributed by atoms with Crippen LogP contribution in [-0.2, 0) is 14.8 Å². The predicted octanol–water partition coefficient (Wildman–Crippen LogP) is 4.50. The van der Waals surface area contributed by atoms with Crippen LogP contribution in [0.15, 0.2) is 84.9 Å². The van der Waals surface area contributed by atoms with Crippen LogP contribution in [0, 0.1) is 0 Å². The molecule has 0 atom stereocenters. The Hall–Kier alpha value is -3.58. The summed E-state index contributed by atoms with van der Waals surface area (Å²) in [6, 6.07) is 23.2. The van der Waals surface area contributed by atoms with Gasteiger partial charge in [0, 0.05) is 11.8 Å². The number of amides is 1. The van der Waals surface area contributed by atoms with Crippen LogP contribution in [0.1, 0.15) is 5.56 Å². The molecule has 29 heavy (non-hydrogen) atoms. The predicted molar refractivity (Wildman–Crippen MR) is 116 cm³/mol. The molecule has 0 aromatic heterocycles. The minimum absolute atomic E-state index is 0.313. The Labute approximate surface area is 169 Å². The van der Waals surface area contributed by atoms with E-state index < -0.39 is 10.0 Å². The van der Waals surface area contributed by atoms with E-state index in [4.69, 9.17) is 4.74 Å². The van der Waals surface area contributed by atoms with Crippen molar-refractivity contribution >= 4 is 33.4 Å². The fourth-order valence-corrected chi connectivity index (χ4v) is 3.06. The second-order valence-electron chi connectivity index (χ2n) is 6.23. The van der Waals surface area contributed by atoms with Gasteiger partial charge in [0.2, 0.25) is 15.9 Å². The summed E-state index contributed by atoms with van der Waals surface area (Å²) in [7, 11) is -3.32. The second kappa shape index (κ2) is 9.07. The molecule has 0 saturated carbocycles. The maximum absolute atomic E-state index is 12.3. The zero-order valence-corrected chi connectivity index (χ0v) is 16.5. The number of sulfonamides is 1. The lowest BCUT2D eigenvalue weighted by Gasteiger charge is -2.11. The van der Waals surface area contributed by atoms with Gasteiger partial charge in [-0.1, -0.05) is 42.5 Å². The molecular weight excluding hydrogens is 388 g/mol. The number of carbonyl (C=O) groups excluding carboxylic acids is 1. The summed E-state index contributed by atoms with van der Waals surface area (Å²) in [6.07, 6.45) is 4.13. The van der Waals surface area contributed by atoms with Crippen LogP contribution in [0.25, 0.3) is 6.08 Å². The van der Waals surface area contributed by atoms with Gasteiger partial charge in [0.1, 0.15) is 5.75 Å². The van der Waals surface area contributed by atoms with E-state index in [-0.39, 0.29) is 5.91 Å². The summed E-state index contributed by atoms with van der Waals surface area (Å²) in [5, 5.41) is 2.80. The van der Waals surface area contributed by atoms with Crippen molar-refractivity contribution in [3.05, 3.63) is 90.5 Å². The molecule has 148 valence electrons. The van der Waals surface area contributed by atoms with Gasteiger partial charge < -0.3 is 10.1 Å². The molecule has 6 nitrogen and oxygen atoms in total. The first-order chi connectivity index (χ1) is 13.9. The van der Waals surface area contributed by atoms with E-state index in [9.17, 15) is 13.2 Å². The SMILES string of the molecule is CS(=O)(=O)Nc1ccc(C=CC(=O)Nc2ccccc2Oc2ccccc2)cc1. The first kappa shape index (κ1) is 20.2. The van der Waals surface area contributed by atoms with Crippen LogP contribution in [0.5, 0.6) is 11.5 Å². The van der Waals surface area contributed by atoms with Crippen molar-refractivity contribution in [2.75, 3.05) is 16.3 Å². The normalized spacial score (nSPS) is 11.2. The van der Waals surface area contributed by atoms with E-state index in [0.29, 0.717) is 22.9 Å². The van der Waals surface area contributed by atoms with Gasteiger partial charge >= 0.3 is 0 Å². The summed E-state index contributed by atoms with van der Waals surface area (Å²) >= 11 is 0. The third-order valence-electron chi connectivity index (χ3n) is 3.76. The minimum Gasteiger partial charge on any atom is -0.455 e. The maximum Gasteiger partial charge on any atom is 0.248 e. The van der Waals surface area contributed by atoms with E-state index in [2.05, 4.69) is 10.0 Å². The summed E-state index contributed by atoms with van der Waals surface area (Å²) in [4.78, 5) is 12.3. The number of anilines is 2. The van der Waals surface area contributed by atoms with Crippen molar-refractivity contribution < 1.29 is 17.9 Å². The fraction of sp³-hybridized carbons (Fsp3) is 0.0455. The monoisotopic (exact) mass is 408 g/mol. The number of carbonyl (C=O) groups is 1. The molecule has 0 aliphatic heterocycles. The van der Waals surface area contributed by atoms with Gasteiger partial charge in [-0.05, 0) is 48.0 Å². The zero-order chi connectivity index (χ0) is 20.7. The molecule has 7 heteroatoms. The van der Waals surface area contributed by atoms with Gasteiger partial charge in [0.25, 0.3) is 0 Å². The number of ether oxygens (including phenoxy) is 1. The molecule has 0 fully saturated rings. The Morgan fingerprint density at radius 1 is 0.897 bits per heavy atom. The van der Waals surface area contributed by atoms with Crippen molar-refractivity contribution in [3.8, 4) is 11.5 Å². The van der Waals surface area contributed by atoms with Crippen LogP contribution < -0.4 is 14.8 Å². The molecule has 3 aromatic rings. The molecule has 0 heterocycles. The average Bonchev–Trinajstić information content (AvgIpc) is 2.69. The Bertz CT molecular complexity index is 1110. The van der Waals surface area contributed by atoms with Crippen LogP contribution >= 0.6 is 0 Å². The van der Waals surface area contributed by atoms with Crippen LogP contribution in [0.4, 0.5) is 11.4 Å². The Kier molecular flexibility index (Phi) is 6.31. The van der Waals surface area contributed by atoms with Crippen molar-refractivity contribution in [1.29, 1.82) is 0 Å². The van der Waals surface area contributed by atoms with Crippen LogP contribution in [-0.4, -0.2) is 20.6 Å². The molecular formula is C22H20N2O4S. The average molecular weight is 408 g/mol. The van der Waals surface area contributed by atoms with Crippen molar-refractivity contribution in [1.82, 2.24) is 0 Å². The number of nitrogens with one attached hydrogen (secondary N) is 2. The highest BCUT2D eigenvalue weighted by atomic mass is 32.2. The molecule has 0 radical (unpaired) electrons. The third-order valence-corrected chi connectivity index (χ3v) is 4.36. The second-order valence-corrected chi connectivity index (χ2v) is 7.98. The van der Waals surface area contributed by atoms with Crippen LogP contribution in [0.2, 0.25) is 0 Å². The van der Waals surface area contributed by atoms with Gasteiger partial charge in [-0.2, -0.15) is 0 Å². The van der Waals surface area contributed by atoms with E-state index in [1.165, 1.54) is 6.08 Å². The van der Waals surface area contributed by atoms with E-state index in [1.54, 1.807) is 42.5 Å². The molecule has 0 unspecified atom stereocenters. The highest BCUT2D eigenvalue weighted by Crippen LogP contribution is 2.29. The molecule has 0 aliphatic carbocycles. The van der Waals surface area contributed by atoms with Gasteiger partial charge in [-0.15, -0.1) is 0 Å². The molecule has 0 bridgehead atoms. The topological polar surface area (TPSA) is 84.5 Å². The molecule has 0 aliphatic rings.